The van der Waals surface area contributed by atoms with Gasteiger partial charge in [-0.2, -0.15) is 8.78 Å². The van der Waals surface area contributed by atoms with Crippen LogP contribution in [0.5, 0.6) is 5.75 Å². The van der Waals surface area contributed by atoms with Gasteiger partial charge in [-0.15, -0.1) is 0 Å². The molecule has 0 radical (unpaired) electrons. The highest BCUT2D eigenvalue weighted by Crippen LogP contribution is 2.31. The number of piperidine rings is 1. The van der Waals surface area contributed by atoms with Gasteiger partial charge < -0.3 is 14.4 Å². The number of alkyl halides is 2. The Morgan fingerprint density at radius 2 is 1.85 bits per heavy atom. The van der Waals surface area contributed by atoms with Crippen molar-refractivity contribution in [3.05, 3.63) is 88.0 Å². The standard InChI is InChI=1S/C29H29ClF2N4O3/c1-35-24-15-20(28(37)38)16-25(39-29(31)32)27(24)34-26(35)17-36-13-11-19(12-14-36)23-4-2-3-22(33-23)10-7-18-5-8-21(30)9-6-18/h2-6,8-9,15-16,19,29H,7,10-14,17H2,1H3,(H,37,38). The molecule has 0 saturated carbocycles. The Bertz CT molecular complexity index is 1470. The molecule has 10 heteroatoms. The van der Waals surface area contributed by atoms with Gasteiger partial charge in [0.15, 0.2) is 5.75 Å². The first-order chi connectivity index (χ1) is 18.8. The summed E-state index contributed by atoms with van der Waals surface area (Å²) in [6, 6.07) is 16.7. The average Bonchev–Trinajstić information content (AvgIpc) is 3.24. The third-order valence-electron chi connectivity index (χ3n) is 7.29. The van der Waals surface area contributed by atoms with Crippen LogP contribution >= 0.6 is 11.6 Å². The molecule has 3 heterocycles. The van der Waals surface area contributed by atoms with Gasteiger partial charge in [0.25, 0.3) is 0 Å². The zero-order valence-corrected chi connectivity index (χ0v) is 22.2. The van der Waals surface area contributed by atoms with E-state index >= 15 is 0 Å². The Morgan fingerprint density at radius 3 is 2.54 bits per heavy atom. The fourth-order valence-electron chi connectivity index (χ4n) is 5.13. The third-order valence-corrected chi connectivity index (χ3v) is 7.54. The molecule has 39 heavy (non-hydrogen) atoms. The summed E-state index contributed by atoms with van der Waals surface area (Å²) in [6.07, 6.45) is 3.66. The second-order valence-electron chi connectivity index (χ2n) is 9.84. The minimum Gasteiger partial charge on any atom is -0.478 e. The van der Waals surface area contributed by atoms with Gasteiger partial charge in [0.2, 0.25) is 0 Å². The van der Waals surface area contributed by atoms with Gasteiger partial charge in [-0.1, -0.05) is 29.8 Å². The molecule has 204 valence electrons. The summed E-state index contributed by atoms with van der Waals surface area (Å²) in [7, 11) is 1.76. The number of pyridine rings is 1. The quantitative estimate of drug-likeness (QED) is 0.270. The maximum atomic E-state index is 13.0. The van der Waals surface area contributed by atoms with Crippen LogP contribution < -0.4 is 4.74 Å². The molecular weight excluding hydrogens is 526 g/mol. The molecular formula is C29H29ClF2N4O3. The number of aromatic nitrogens is 3. The Kier molecular flexibility index (Phi) is 8.09. The molecule has 5 rings (SSSR count). The summed E-state index contributed by atoms with van der Waals surface area (Å²) < 4.78 is 32.3. The summed E-state index contributed by atoms with van der Waals surface area (Å²) >= 11 is 5.99. The van der Waals surface area contributed by atoms with E-state index in [9.17, 15) is 18.7 Å². The molecule has 7 nitrogen and oxygen atoms in total. The monoisotopic (exact) mass is 554 g/mol. The summed E-state index contributed by atoms with van der Waals surface area (Å²) in [4.78, 5) is 23.3. The lowest BCUT2D eigenvalue weighted by Crippen LogP contribution is -2.33. The van der Waals surface area contributed by atoms with Gasteiger partial charge in [-0.25, -0.2) is 9.78 Å². The minimum absolute atomic E-state index is 0.128. The molecule has 1 fully saturated rings. The highest BCUT2D eigenvalue weighted by Gasteiger charge is 2.24. The van der Waals surface area contributed by atoms with Crippen LogP contribution in [0.2, 0.25) is 5.02 Å². The van der Waals surface area contributed by atoms with Crippen molar-refractivity contribution >= 4 is 28.6 Å². The van der Waals surface area contributed by atoms with Crippen LogP contribution in [0.1, 0.15) is 51.9 Å². The summed E-state index contributed by atoms with van der Waals surface area (Å²) in [5.41, 5.74) is 3.96. The highest BCUT2D eigenvalue weighted by molar-refractivity contribution is 6.30. The van der Waals surface area contributed by atoms with Crippen LogP contribution in [0.15, 0.2) is 54.6 Å². The predicted octanol–water partition coefficient (Wildman–Crippen LogP) is 6.09. The number of benzene rings is 2. The largest absolute Gasteiger partial charge is 0.478 e. The number of hydrogen-bond acceptors (Lipinski definition) is 5. The number of carboxylic acid groups (broad SMARTS) is 1. The smallest absolute Gasteiger partial charge is 0.387 e. The molecule has 0 aliphatic carbocycles. The van der Waals surface area contributed by atoms with Crippen molar-refractivity contribution in [3.8, 4) is 5.75 Å². The molecule has 1 saturated heterocycles. The Morgan fingerprint density at radius 1 is 1.10 bits per heavy atom. The molecule has 2 aromatic carbocycles. The lowest BCUT2D eigenvalue weighted by Gasteiger charge is -2.31. The topological polar surface area (TPSA) is 80.5 Å². The van der Waals surface area contributed by atoms with E-state index in [0.29, 0.717) is 23.8 Å². The van der Waals surface area contributed by atoms with Crippen LogP contribution in [-0.4, -0.2) is 50.2 Å². The van der Waals surface area contributed by atoms with E-state index < -0.39 is 12.6 Å². The fourth-order valence-corrected chi connectivity index (χ4v) is 5.26. The van der Waals surface area contributed by atoms with Crippen molar-refractivity contribution < 1.29 is 23.4 Å². The van der Waals surface area contributed by atoms with Crippen molar-refractivity contribution in [2.24, 2.45) is 7.05 Å². The molecule has 1 aliphatic heterocycles. The summed E-state index contributed by atoms with van der Waals surface area (Å²) in [5.74, 6) is -0.431. The van der Waals surface area contributed by atoms with Crippen molar-refractivity contribution in [1.29, 1.82) is 0 Å². The second kappa shape index (κ2) is 11.7. The maximum absolute atomic E-state index is 13.0. The molecule has 1 N–H and O–H groups in total. The zero-order valence-electron chi connectivity index (χ0n) is 21.5. The molecule has 1 aliphatic rings. The van der Waals surface area contributed by atoms with Crippen LogP contribution in [0, 0.1) is 0 Å². The minimum atomic E-state index is -3.08. The van der Waals surface area contributed by atoms with E-state index in [0.717, 1.165) is 61.2 Å². The number of aromatic carboxylic acids is 1. The second-order valence-corrected chi connectivity index (χ2v) is 10.3. The maximum Gasteiger partial charge on any atom is 0.387 e. The molecule has 0 spiro atoms. The molecule has 0 unspecified atom stereocenters. The first-order valence-corrected chi connectivity index (χ1v) is 13.2. The van der Waals surface area contributed by atoms with Crippen LogP contribution in [-0.2, 0) is 26.4 Å². The van der Waals surface area contributed by atoms with E-state index in [2.05, 4.69) is 32.8 Å². The van der Waals surface area contributed by atoms with Crippen molar-refractivity contribution in [1.82, 2.24) is 19.4 Å². The van der Waals surface area contributed by atoms with Crippen LogP contribution in [0.4, 0.5) is 8.78 Å². The Labute approximate surface area is 230 Å². The number of imidazole rings is 1. The Hall–Kier alpha value is -3.56. The van der Waals surface area contributed by atoms with Crippen LogP contribution in [0.25, 0.3) is 11.0 Å². The molecule has 0 atom stereocenters. The number of likely N-dealkylation sites (tertiary alicyclic amines) is 1. The number of halogens is 3. The number of carbonyl (C=O) groups is 1. The number of aryl methyl sites for hydroxylation is 3. The van der Waals surface area contributed by atoms with Gasteiger partial charge in [0.1, 0.15) is 11.3 Å². The third kappa shape index (κ3) is 6.37. The van der Waals surface area contributed by atoms with Crippen molar-refractivity contribution in [3.63, 3.8) is 0 Å². The molecule has 2 aromatic heterocycles. The van der Waals surface area contributed by atoms with E-state index in [1.54, 1.807) is 11.6 Å². The van der Waals surface area contributed by atoms with E-state index in [1.807, 2.05) is 24.3 Å². The normalized spacial score (nSPS) is 14.8. The summed E-state index contributed by atoms with van der Waals surface area (Å²) in [6.45, 7) is -0.883. The number of hydrogen-bond donors (Lipinski definition) is 1. The molecule has 4 aromatic rings. The van der Waals surface area contributed by atoms with E-state index in [1.165, 1.54) is 11.6 Å². The first-order valence-electron chi connectivity index (χ1n) is 12.9. The van der Waals surface area contributed by atoms with Gasteiger partial charge >= 0.3 is 12.6 Å². The van der Waals surface area contributed by atoms with Gasteiger partial charge in [-0.3, -0.25) is 9.88 Å². The number of ether oxygens (including phenoxy) is 1. The fraction of sp³-hybridized carbons (Fsp3) is 0.345. The van der Waals surface area contributed by atoms with Gasteiger partial charge in [0.05, 0.1) is 17.6 Å². The average molecular weight is 555 g/mol. The van der Waals surface area contributed by atoms with E-state index in [-0.39, 0.29) is 16.8 Å². The molecule has 0 amide bonds. The number of fused-ring (bicyclic) bond motifs is 1. The van der Waals surface area contributed by atoms with Crippen LogP contribution in [0.3, 0.4) is 0 Å². The number of rotatable bonds is 9. The SMILES string of the molecule is Cn1c(CN2CCC(c3cccc(CCc4ccc(Cl)cc4)n3)CC2)nc2c(OC(F)F)cc(C(=O)O)cc21. The lowest BCUT2D eigenvalue weighted by molar-refractivity contribution is -0.0489. The Balaban J connectivity index is 1.23. The van der Waals surface area contributed by atoms with Crippen molar-refractivity contribution in [2.45, 2.75) is 44.8 Å². The predicted molar refractivity (Wildman–Crippen MR) is 145 cm³/mol. The van der Waals surface area contributed by atoms with Crippen molar-refractivity contribution in [2.75, 3.05) is 13.1 Å². The first kappa shape index (κ1) is 27.0. The van der Waals surface area contributed by atoms with E-state index in [4.69, 9.17) is 16.6 Å². The number of nitrogens with zero attached hydrogens (tertiary/aromatic N) is 4. The zero-order chi connectivity index (χ0) is 27.5. The summed E-state index contributed by atoms with van der Waals surface area (Å²) in [5, 5.41) is 10.1. The molecule has 0 bridgehead atoms. The van der Waals surface area contributed by atoms with Gasteiger partial charge in [0, 0.05) is 29.4 Å². The highest BCUT2D eigenvalue weighted by atomic mass is 35.5. The van der Waals surface area contributed by atoms with Gasteiger partial charge in [-0.05, 0) is 80.7 Å². The lowest BCUT2D eigenvalue weighted by atomic mass is 9.92. The number of carboxylic acids is 1.